The van der Waals surface area contributed by atoms with Crippen molar-refractivity contribution in [1.29, 1.82) is 0 Å². The average Bonchev–Trinajstić information content (AvgIpc) is 2.44. The van der Waals surface area contributed by atoms with E-state index in [-0.39, 0.29) is 24.8 Å². The first-order chi connectivity index (χ1) is 9.19. The van der Waals surface area contributed by atoms with E-state index in [0.717, 1.165) is 6.42 Å². The van der Waals surface area contributed by atoms with Crippen LogP contribution in [0.1, 0.15) is 30.1 Å². The third-order valence-corrected chi connectivity index (χ3v) is 2.43. The second kappa shape index (κ2) is 8.04. The molecule has 1 heterocycles. The van der Waals surface area contributed by atoms with Gasteiger partial charge in [0.05, 0.1) is 17.4 Å². The van der Waals surface area contributed by atoms with Crippen molar-refractivity contribution in [2.45, 2.75) is 19.8 Å². The van der Waals surface area contributed by atoms with Crippen LogP contribution in [0.4, 0.5) is 5.69 Å². The third kappa shape index (κ3) is 4.92. The minimum absolute atomic E-state index is 0.0750. The fraction of sp³-hybridized carbons (Fsp3) is 0.417. The van der Waals surface area contributed by atoms with E-state index in [1.165, 1.54) is 12.4 Å². The minimum Gasteiger partial charge on any atom is -0.356 e. The lowest BCUT2D eigenvalue weighted by Crippen LogP contribution is -2.31. The molecule has 1 rings (SSSR count). The van der Waals surface area contributed by atoms with Crippen molar-refractivity contribution < 1.29 is 9.59 Å². The average molecular weight is 265 g/mol. The standard InChI is InChI=1S/C12H19N5O2/c1-2-5-15-11(18)4-7-16-12(19)9-3-6-14-8-10(9)17-13/h3,6,8,17H,2,4-5,7,13H2,1H3,(H,15,18)(H,16,19). The molecule has 104 valence electrons. The smallest absolute Gasteiger partial charge is 0.253 e. The highest BCUT2D eigenvalue weighted by molar-refractivity contribution is 5.99. The molecule has 7 heteroatoms. The molecule has 19 heavy (non-hydrogen) atoms. The highest BCUT2D eigenvalue weighted by Crippen LogP contribution is 2.10. The van der Waals surface area contributed by atoms with Crippen LogP contribution in [-0.2, 0) is 4.79 Å². The summed E-state index contributed by atoms with van der Waals surface area (Å²) >= 11 is 0. The van der Waals surface area contributed by atoms with E-state index in [9.17, 15) is 9.59 Å². The molecule has 0 aliphatic heterocycles. The Kier molecular flexibility index (Phi) is 6.31. The van der Waals surface area contributed by atoms with Gasteiger partial charge in [0.1, 0.15) is 0 Å². The number of nitrogen functional groups attached to an aromatic ring is 1. The lowest BCUT2D eigenvalue weighted by Gasteiger charge is -2.09. The molecule has 0 aliphatic rings. The Labute approximate surface area is 111 Å². The number of hydrogen-bond donors (Lipinski definition) is 4. The molecule has 1 aromatic heterocycles. The van der Waals surface area contributed by atoms with Crippen molar-refractivity contribution in [1.82, 2.24) is 15.6 Å². The molecule has 0 spiro atoms. The SMILES string of the molecule is CCCNC(=O)CCNC(=O)c1ccncc1NN. The molecule has 0 atom stereocenters. The molecular weight excluding hydrogens is 246 g/mol. The molecule has 7 nitrogen and oxygen atoms in total. The van der Waals surface area contributed by atoms with Gasteiger partial charge in [-0.1, -0.05) is 6.92 Å². The number of hydrogen-bond acceptors (Lipinski definition) is 5. The minimum atomic E-state index is -0.293. The predicted octanol–water partition coefficient (Wildman–Crippen LogP) is 0.0133. The number of anilines is 1. The quantitative estimate of drug-likeness (QED) is 0.410. The fourth-order valence-electron chi connectivity index (χ4n) is 1.45. The number of pyridine rings is 1. The number of aromatic nitrogens is 1. The zero-order valence-corrected chi connectivity index (χ0v) is 10.9. The number of nitrogens with two attached hydrogens (primary N) is 1. The van der Waals surface area contributed by atoms with Crippen LogP contribution < -0.4 is 21.9 Å². The Hall–Kier alpha value is -2.15. The summed E-state index contributed by atoms with van der Waals surface area (Å²) < 4.78 is 0. The van der Waals surface area contributed by atoms with Gasteiger partial charge in [-0.15, -0.1) is 0 Å². The molecule has 5 N–H and O–H groups in total. The van der Waals surface area contributed by atoms with Crippen molar-refractivity contribution in [3.05, 3.63) is 24.0 Å². The fourth-order valence-corrected chi connectivity index (χ4v) is 1.45. The Morgan fingerprint density at radius 3 is 2.79 bits per heavy atom. The number of rotatable bonds is 7. The van der Waals surface area contributed by atoms with Crippen LogP contribution in [0.5, 0.6) is 0 Å². The molecule has 0 saturated carbocycles. The van der Waals surface area contributed by atoms with Crippen LogP contribution in [0.25, 0.3) is 0 Å². The van der Waals surface area contributed by atoms with Gasteiger partial charge in [0.2, 0.25) is 5.91 Å². The summed E-state index contributed by atoms with van der Waals surface area (Å²) in [6, 6.07) is 1.56. The molecule has 0 bridgehead atoms. The van der Waals surface area contributed by atoms with Gasteiger partial charge in [0.25, 0.3) is 5.91 Å². The first kappa shape index (κ1) is 14.9. The Balaban J connectivity index is 2.41. The van der Waals surface area contributed by atoms with Gasteiger partial charge in [-0.25, -0.2) is 0 Å². The van der Waals surface area contributed by atoms with E-state index in [0.29, 0.717) is 17.8 Å². The maximum absolute atomic E-state index is 11.9. The third-order valence-electron chi connectivity index (χ3n) is 2.43. The zero-order chi connectivity index (χ0) is 14.1. The summed E-state index contributed by atoms with van der Waals surface area (Å²) in [6.07, 6.45) is 4.11. The summed E-state index contributed by atoms with van der Waals surface area (Å²) in [5.74, 6) is 4.92. The number of amides is 2. The predicted molar refractivity (Wildman–Crippen MR) is 72.3 cm³/mol. The molecule has 0 radical (unpaired) electrons. The van der Waals surface area contributed by atoms with Crippen molar-refractivity contribution in [3.8, 4) is 0 Å². The number of carbonyl (C=O) groups excluding carboxylic acids is 2. The van der Waals surface area contributed by atoms with Crippen LogP contribution in [-0.4, -0.2) is 29.9 Å². The molecule has 1 aromatic rings. The van der Waals surface area contributed by atoms with Crippen molar-refractivity contribution in [2.24, 2.45) is 5.84 Å². The zero-order valence-electron chi connectivity index (χ0n) is 10.9. The second-order valence-electron chi connectivity index (χ2n) is 3.92. The summed E-state index contributed by atoms with van der Waals surface area (Å²) in [5.41, 5.74) is 3.24. The molecule has 0 aliphatic carbocycles. The van der Waals surface area contributed by atoms with Crippen LogP contribution in [0.15, 0.2) is 18.5 Å². The summed E-state index contributed by atoms with van der Waals surface area (Å²) in [7, 11) is 0. The summed E-state index contributed by atoms with van der Waals surface area (Å²) in [6.45, 7) is 2.91. The van der Waals surface area contributed by atoms with Gasteiger partial charge in [0.15, 0.2) is 0 Å². The van der Waals surface area contributed by atoms with Gasteiger partial charge < -0.3 is 16.1 Å². The second-order valence-corrected chi connectivity index (χ2v) is 3.92. The van der Waals surface area contributed by atoms with E-state index >= 15 is 0 Å². The highest BCUT2D eigenvalue weighted by Gasteiger charge is 2.10. The van der Waals surface area contributed by atoms with E-state index in [4.69, 9.17) is 5.84 Å². The Morgan fingerprint density at radius 2 is 2.11 bits per heavy atom. The molecule has 0 saturated heterocycles. The lowest BCUT2D eigenvalue weighted by atomic mass is 10.2. The number of nitrogens with one attached hydrogen (secondary N) is 3. The van der Waals surface area contributed by atoms with Crippen LogP contribution in [0.3, 0.4) is 0 Å². The van der Waals surface area contributed by atoms with Crippen LogP contribution >= 0.6 is 0 Å². The lowest BCUT2D eigenvalue weighted by molar-refractivity contribution is -0.120. The van der Waals surface area contributed by atoms with Gasteiger partial charge in [-0.05, 0) is 12.5 Å². The normalized spacial score (nSPS) is 9.79. The summed E-state index contributed by atoms with van der Waals surface area (Å²) in [5, 5.41) is 5.39. The molecule has 0 aromatic carbocycles. The Morgan fingerprint density at radius 1 is 1.32 bits per heavy atom. The van der Waals surface area contributed by atoms with Crippen LogP contribution in [0.2, 0.25) is 0 Å². The van der Waals surface area contributed by atoms with Gasteiger partial charge in [-0.3, -0.25) is 20.4 Å². The summed E-state index contributed by atoms with van der Waals surface area (Å²) in [4.78, 5) is 27.0. The van der Waals surface area contributed by atoms with E-state index < -0.39 is 0 Å². The van der Waals surface area contributed by atoms with Crippen molar-refractivity contribution in [3.63, 3.8) is 0 Å². The number of hydrazine groups is 1. The van der Waals surface area contributed by atoms with E-state index in [2.05, 4.69) is 21.0 Å². The first-order valence-corrected chi connectivity index (χ1v) is 6.14. The Bertz CT molecular complexity index is 436. The topological polar surface area (TPSA) is 109 Å². The first-order valence-electron chi connectivity index (χ1n) is 6.14. The molecule has 0 fully saturated rings. The number of carbonyl (C=O) groups is 2. The van der Waals surface area contributed by atoms with Gasteiger partial charge in [-0.2, -0.15) is 0 Å². The monoisotopic (exact) mass is 265 g/mol. The number of nitrogens with zero attached hydrogens (tertiary/aromatic N) is 1. The van der Waals surface area contributed by atoms with Crippen molar-refractivity contribution in [2.75, 3.05) is 18.5 Å². The van der Waals surface area contributed by atoms with Gasteiger partial charge in [0, 0.05) is 25.7 Å². The van der Waals surface area contributed by atoms with Crippen molar-refractivity contribution >= 4 is 17.5 Å². The highest BCUT2D eigenvalue weighted by atomic mass is 16.2. The van der Waals surface area contributed by atoms with E-state index in [1.807, 2.05) is 6.92 Å². The largest absolute Gasteiger partial charge is 0.356 e. The van der Waals surface area contributed by atoms with Crippen LogP contribution in [0, 0.1) is 0 Å². The maximum Gasteiger partial charge on any atom is 0.253 e. The molecule has 2 amide bonds. The molecule has 0 unspecified atom stereocenters. The maximum atomic E-state index is 11.9. The molecular formula is C12H19N5O2. The van der Waals surface area contributed by atoms with Gasteiger partial charge >= 0.3 is 0 Å². The van der Waals surface area contributed by atoms with E-state index in [1.54, 1.807) is 6.07 Å².